The van der Waals surface area contributed by atoms with Gasteiger partial charge in [-0.15, -0.1) is 11.3 Å². The van der Waals surface area contributed by atoms with Crippen LogP contribution in [0.25, 0.3) is 0 Å². The molecule has 0 aliphatic carbocycles. The number of thiazole rings is 1. The van der Waals surface area contributed by atoms with Gasteiger partial charge in [0.1, 0.15) is 0 Å². The highest BCUT2D eigenvalue weighted by molar-refractivity contribution is 7.13. The number of amides is 1. The Kier molecular flexibility index (Phi) is 3.96. The van der Waals surface area contributed by atoms with Gasteiger partial charge in [0.05, 0.1) is 12.1 Å². The molecule has 2 heterocycles. The standard InChI is InChI=1S/C11H17N3O2S/c12-11-13-9(7-17-11)4-10(16)14-3-1-2-8(5-14)6-15/h7-8,15H,1-6H2,(H2,12,13). The van der Waals surface area contributed by atoms with Gasteiger partial charge >= 0.3 is 0 Å². The molecule has 1 fully saturated rings. The maximum atomic E-state index is 12.0. The van der Waals surface area contributed by atoms with E-state index in [2.05, 4.69) is 4.98 Å². The van der Waals surface area contributed by atoms with Crippen molar-refractivity contribution >= 4 is 22.4 Å². The number of aromatic nitrogens is 1. The first-order valence-corrected chi connectivity index (χ1v) is 6.65. The summed E-state index contributed by atoms with van der Waals surface area (Å²) in [5, 5.41) is 11.4. The molecule has 6 heteroatoms. The number of aliphatic hydroxyl groups is 1. The number of carbonyl (C=O) groups excluding carboxylic acids is 1. The number of carbonyl (C=O) groups is 1. The molecule has 1 aliphatic heterocycles. The quantitative estimate of drug-likeness (QED) is 0.824. The van der Waals surface area contributed by atoms with Crippen molar-refractivity contribution in [2.45, 2.75) is 19.3 Å². The monoisotopic (exact) mass is 255 g/mol. The third-order valence-electron chi connectivity index (χ3n) is 3.03. The van der Waals surface area contributed by atoms with E-state index in [4.69, 9.17) is 10.8 Å². The van der Waals surface area contributed by atoms with Crippen molar-refractivity contribution in [2.75, 3.05) is 25.4 Å². The number of nitrogens with two attached hydrogens (primary N) is 1. The lowest BCUT2D eigenvalue weighted by molar-refractivity contribution is -0.132. The Morgan fingerprint density at radius 2 is 2.53 bits per heavy atom. The van der Waals surface area contributed by atoms with Crippen molar-refractivity contribution in [2.24, 2.45) is 5.92 Å². The molecule has 1 unspecified atom stereocenters. The van der Waals surface area contributed by atoms with Crippen molar-refractivity contribution in [3.63, 3.8) is 0 Å². The number of piperidine rings is 1. The average Bonchev–Trinajstić information content (AvgIpc) is 2.75. The van der Waals surface area contributed by atoms with Crippen LogP contribution in [0, 0.1) is 5.92 Å². The SMILES string of the molecule is Nc1nc(CC(=O)N2CCCC(CO)C2)cs1. The molecule has 94 valence electrons. The third kappa shape index (κ3) is 3.17. The van der Waals surface area contributed by atoms with Crippen LogP contribution >= 0.6 is 11.3 Å². The van der Waals surface area contributed by atoms with E-state index in [-0.39, 0.29) is 18.4 Å². The molecule has 0 saturated carbocycles. The van der Waals surface area contributed by atoms with Crippen molar-refractivity contribution in [3.05, 3.63) is 11.1 Å². The molecule has 17 heavy (non-hydrogen) atoms. The van der Waals surface area contributed by atoms with Gasteiger partial charge in [-0.05, 0) is 18.8 Å². The van der Waals surface area contributed by atoms with Gasteiger partial charge in [0.15, 0.2) is 5.13 Å². The molecule has 1 aromatic rings. The molecule has 0 aromatic carbocycles. The van der Waals surface area contributed by atoms with E-state index in [1.807, 2.05) is 10.3 Å². The molecule has 0 spiro atoms. The Balaban J connectivity index is 1.91. The molecule has 1 aromatic heterocycles. The van der Waals surface area contributed by atoms with Crippen molar-refractivity contribution < 1.29 is 9.90 Å². The molecule has 3 N–H and O–H groups in total. The van der Waals surface area contributed by atoms with Crippen LogP contribution in [-0.4, -0.2) is 40.6 Å². The Morgan fingerprint density at radius 1 is 1.71 bits per heavy atom. The van der Waals surface area contributed by atoms with E-state index in [1.165, 1.54) is 11.3 Å². The van der Waals surface area contributed by atoms with Crippen LogP contribution < -0.4 is 5.73 Å². The van der Waals surface area contributed by atoms with Crippen LogP contribution in [0.4, 0.5) is 5.13 Å². The number of hydrogen-bond donors (Lipinski definition) is 2. The number of rotatable bonds is 3. The molecular weight excluding hydrogens is 238 g/mol. The van der Waals surface area contributed by atoms with Gasteiger partial charge in [-0.3, -0.25) is 4.79 Å². The van der Waals surface area contributed by atoms with Gasteiger partial charge in [-0.2, -0.15) is 0 Å². The van der Waals surface area contributed by atoms with Gasteiger partial charge < -0.3 is 15.7 Å². The Hall–Kier alpha value is -1.14. The molecule has 0 radical (unpaired) electrons. The van der Waals surface area contributed by atoms with Crippen LogP contribution in [-0.2, 0) is 11.2 Å². The largest absolute Gasteiger partial charge is 0.396 e. The zero-order valence-electron chi connectivity index (χ0n) is 9.63. The highest BCUT2D eigenvalue weighted by Crippen LogP contribution is 2.18. The predicted octanol–water partition coefficient (Wildman–Crippen LogP) is 0.499. The molecular formula is C11H17N3O2S. The molecule has 1 atom stereocenters. The second-order valence-electron chi connectivity index (χ2n) is 4.38. The van der Waals surface area contributed by atoms with Crippen molar-refractivity contribution in [3.8, 4) is 0 Å². The fraction of sp³-hybridized carbons (Fsp3) is 0.636. The summed E-state index contributed by atoms with van der Waals surface area (Å²) in [6, 6.07) is 0. The highest BCUT2D eigenvalue weighted by atomic mass is 32.1. The van der Waals surface area contributed by atoms with E-state index in [0.29, 0.717) is 18.1 Å². The van der Waals surface area contributed by atoms with Crippen LogP contribution in [0.5, 0.6) is 0 Å². The molecule has 2 rings (SSSR count). The number of nitrogens with zero attached hydrogens (tertiary/aromatic N) is 2. The minimum Gasteiger partial charge on any atom is -0.396 e. The van der Waals surface area contributed by atoms with Gasteiger partial charge in [-0.25, -0.2) is 4.98 Å². The lowest BCUT2D eigenvalue weighted by Crippen LogP contribution is -2.41. The minimum atomic E-state index is 0.0773. The predicted molar refractivity (Wildman–Crippen MR) is 66.6 cm³/mol. The van der Waals surface area contributed by atoms with Crippen LogP contribution in [0.1, 0.15) is 18.5 Å². The average molecular weight is 255 g/mol. The topological polar surface area (TPSA) is 79.5 Å². The fourth-order valence-corrected chi connectivity index (χ4v) is 2.67. The highest BCUT2D eigenvalue weighted by Gasteiger charge is 2.23. The molecule has 0 bridgehead atoms. The number of anilines is 1. The fourth-order valence-electron chi connectivity index (χ4n) is 2.11. The Morgan fingerprint density at radius 3 is 3.18 bits per heavy atom. The molecule has 5 nitrogen and oxygen atoms in total. The first kappa shape index (κ1) is 12.3. The first-order chi connectivity index (χ1) is 8.19. The lowest BCUT2D eigenvalue weighted by atomic mass is 9.99. The Labute approximate surface area is 104 Å². The number of nitrogen functional groups attached to an aromatic ring is 1. The minimum absolute atomic E-state index is 0.0773. The number of likely N-dealkylation sites (tertiary alicyclic amines) is 1. The van der Waals surface area contributed by atoms with Crippen LogP contribution in [0.2, 0.25) is 0 Å². The first-order valence-electron chi connectivity index (χ1n) is 5.77. The van der Waals surface area contributed by atoms with Gasteiger partial charge in [0.2, 0.25) is 5.91 Å². The number of aliphatic hydroxyl groups excluding tert-OH is 1. The Bertz CT molecular complexity index is 394. The second kappa shape index (κ2) is 5.46. The summed E-state index contributed by atoms with van der Waals surface area (Å²) in [5.41, 5.74) is 6.27. The van der Waals surface area contributed by atoms with E-state index in [1.54, 1.807) is 0 Å². The summed E-state index contributed by atoms with van der Waals surface area (Å²) in [6.07, 6.45) is 2.28. The van der Waals surface area contributed by atoms with E-state index < -0.39 is 0 Å². The third-order valence-corrected chi connectivity index (χ3v) is 3.75. The molecule has 1 saturated heterocycles. The zero-order valence-corrected chi connectivity index (χ0v) is 10.4. The maximum Gasteiger partial charge on any atom is 0.228 e. The van der Waals surface area contributed by atoms with Crippen LogP contribution in [0.3, 0.4) is 0 Å². The van der Waals surface area contributed by atoms with E-state index >= 15 is 0 Å². The lowest BCUT2D eigenvalue weighted by Gasteiger charge is -2.31. The van der Waals surface area contributed by atoms with Gasteiger partial charge in [-0.1, -0.05) is 0 Å². The van der Waals surface area contributed by atoms with Gasteiger partial charge in [0.25, 0.3) is 0 Å². The zero-order chi connectivity index (χ0) is 12.3. The summed E-state index contributed by atoms with van der Waals surface area (Å²) < 4.78 is 0. The molecule has 1 amide bonds. The molecule has 1 aliphatic rings. The smallest absolute Gasteiger partial charge is 0.228 e. The normalized spacial score (nSPS) is 20.5. The summed E-state index contributed by atoms with van der Waals surface area (Å²) in [5.74, 6) is 0.307. The summed E-state index contributed by atoms with van der Waals surface area (Å²) in [7, 11) is 0. The van der Waals surface area contributed by atoms with Crippen molar-refractivity contribution in [1.82, 2.24) is 9.88 Å². The summed E-state index contributed by atoms with van der Waals surface area (Å²) in [4.78, 5) is 17.9. The maximum absolute atomic E-state index is 12.0. The number of hydrogen-bond acceptors (Lipinski definition) is 5. The van der Waals surface area contributed by atoms with E-state index in [0.717, 1.165) is 25.1 Å². The van der Waals surface area contributed by atoms with Crippen molar-refractivity contribution in [1.29, 1.82) is 0 Å². The summed E-state index contributed by atoms with van der Waals surface area (Å²) in [6.45, 7) is 1.61. The second-order valence-corrected chi connectivity index (χ2v) is 5.27. The van der Waals surface area contributed by atoms with E-state index in [9.17, 15) is 4.79 Å². The summed E-state index contributed by atoms with van der Waals surface area (Å²) >= 11 is 1.35. The van der Waals surface area contributed by atoms with Gasteiger partial charge in [0, 0.05) is 25.1 Å². The van der Waals surface area contributed by atoms with Crippen LogP contribution in [0.15, 0.2) is 5.38 Å².